The molecule has 0 heterocycles. The molecule has 0 fully saturated rings. The Kier molecular flexibility index (Phi) is 7.57. The van der Waals surface area contributed by atoms with Crippen molar-refractivity contribution in [3.63, 3.8) is 0 Å². The molecule has 0 unspecified atom stereocenters. The van der Waals surface area contributed by atoms with Crippen molar-refractivity contribution < 1.29 is 0 Å². The summed E-state index contributed by atoms with van der Waals surface area (Å²) < 4.78 is 0. The van der Waals surface area contributed by atoms with Gasteiger partial charge in [0.1, 0.15) is 0 Å². The van der Waals surface area contributed by atoms with Gasteiger partial charge in [-0.1, -0.05) is 48.6 Å². The van der Waals surface area contributed by atoms with E-state index in [0.29, 0.717) is 0 Å². The van der Waals surface area contributed by atoms with Gasteiger partial charge in [-0.15, -0.1) is 24.0 Å². The van der Waals surface area contributed by atoms with Crippen LogP contribution in [-0.4, -0.2) is 0 Å². The molecule has 11 heavy (non-hydrogen) atoms. The second-order valence-corrected chi connectivity index (χ2v) is 2.18. The van der Waals surface area contributed by atoms with Gasteiger partial charge < -0.3 is 0 Å². The van der Waals surface area contributed by atoms with Crippen molar-refractivity contribution >= 4 is 24.0 Å². The minimum absolute atomic E-state index is 0. The summed E-state index contributed by atoms with van der Waals surface area (Å²) in [6, 6.07) is 0. The summed E-state index contributed by atoms with van der Waals surface area (Å²) in [5, 5.41) is 0. The monoisotopic (exact) mass is 260 g/mol. The SMILES string of the molecule is C1=CCC=C1.C1=CCC=C1.I. The zero-order chi connectivity index (χ0) is 7.07. The Balaban J connectivity index is 0.000000167. The summed E-state index contributed by atoms with van der Waals surface area (Å²) >= 11 is 0. The Bertz CT molecular complexity index is 143. The van der Waals surface area contributed by atoms with Crippen LogP contribution in [0.1, 0.15) is 12.8 Å². The van der Waals surface area contributed by atoms with Crippen LogP contribution in [-0.2, 0) is 0 Å². The van der Waals surface area contributed by atoms with E-state index >= 15 is 0 Å². The molecule has 0 nitrogen and oxygen atoms in total. The molecule has 0 amide bonds. The molecule has 0 aromatic carbocycles. The molecule has 0 N–H and O–H groups in total. The van der Waals surface area contributed by atoms with Crippen molar-refractivity contribution in [2.24, 2.45) is 0 Å². The summed E-state index contributed by atoms with van der Waals surface area (Å²) in [7, 11) is 0. The predicted octanol–water partition coefficient (Wildman–Crippen LogP) is 3.62. The van der Waals surface area contributed by atoms with Gasteiger partial charge in [0, 0.05) is 0 Å². The van der Waals surface area contributed by atoms with Crippen LogP contribution < -0.4 is 0 Å². The Morgan fingerprint density at radius 3 is 0.909 bits per heavy atom. The summed E-state index contributed by atoms with van der Waals surface area (Å²) in [5.74, 6) is 0. The number of rotatable bonds is 0. The molecule has 60 valence electrons. The second-order valence-electron chi connectivity index (χ2n) is 2.18. The van der Waals surface area contributed by atoms with Crippen LogP contribution in [0.15, 0.2) is 48.6 Å². The van der Waals surface area contributed by atoms with Crippen LogP contribution in [0.4, 0.5) is 0 Å². The fourth-order valence-electron chi connectivity index (χ4n) is 0.786. The molecule has 2 rings (SSSR count). The van der Waals surface area contributed by atoms with E-state index < -0.39 is 0 Å². The Morgan fingerprint density at radius 1 is 0.545 bits per heavy atom. The lowest BCUT2D eigenvalue weighted by Gasteiger charge is -1.57. The first kappa shape index (κ1) is 10.7. The third kappa shape index (κ3) is 6.10. The van der Waals surface area contributed by atoms with Gasteiger partial charge in [0.25, 0.3) is 0 Å². The van der Waals surface area contributed by atoms with Crippen molar-refractivity contribution in [2.75, 3.05) is 0 Å². The molecule has 0 atom stereocenters. The molecule has 0 saturated carbocycles. The standard InChI is InChI=1S/2C5H6.HI/c2*1-2-4-5-3-1;/h2*1-4H,5H2;1H. The average Bonchev–Trinajstić information content (AvgIpc) is 2.67. The predicted molar refractivity (Wildman–Crippen MR) is 61.2 cm³/mol. The summed E-state index contributed by atoms with van der Waals surface area (Å²) in [4.78, 5) is 0. The van der Waals surface area contributed by atoms with Crippen molar-refractivity contribution in [1.29, 1.82) is 0 Å². The number of hydrogen-bond acceptors (Lipinski definition) is 0. The maximum atomic E-state index is 2.12. The van der Waals surface area contributed by atoms with E-state index in [2.05, 4.69) is 48.6 Å². The number of allylic oxidation sites excluding steroid dienone is 8. The molecule has 2 aliphatic carbocycles. The first-order valence-electron chi connectivity index (χ1n) is 3.63. The number of halogens is 1. The number of hydrogen-bond donors (Lipinski definition) is 0. The topological polar surface area (TPSA) is 0 Å². The van der Waals surface area contributed by atoms with Crippen LogP contribution in [0.5, 0.6) is 0 Å². The Hall–Kier alpha value is -0.310. The summed E-state index contributed by atoms with van der Waals surface area (Å²) in [6.45, 7) is 0. The van der Waals surface area contributed by atoms with Crippen molar-refractivity contribution in [3.05, 3.63) is 48.6 Å². The minimum Gasteiger partial charge on any atom is -0.107 e. The first-order valence-corrected chi connectivity index (χ1v) is 3.63. The zero-order valence-electron chi connectivity index (χ0n) is 6.44. The van der Waals surface area contributed by atoms with Gasteiger partial charge in [-0.25, -0.2) is 0 Å². The van der Waals surface area contributed by atoms with E-state index in [1.807, 2.05) is 0 Å². The molecule has 1 heteroatoms. The molecular formula is C10H13I. The fraction of sp³-hybridized carbons (Fsp3) is 0.200. The lowest BCUT2D eigenvalue weighted by molar-refractivity contribution is 1.45. The molecule has 0 aromatic heterocycles. The molecular weight excluding hydrogens is 247 g/mol. The molecule has 0 bridgehead atoms. The Labute approximate surface area is 85.4 Å². The highest BCUT2D eigenvalue weighted by Gasteiger charge is 1.72. The first-order chi connectivity index (χ1) is 5.00. The average molecular weight is 260 g/mol. The van der Waals surface area contributed by atoms with Gasteiger partial charge in [0.05, 0.1) is 0 Å². The maximum Gasteiger partial charge on any atom is -0.0163 e. The van der Waals surface area contributed by atoms with Crippen molar-refractivity contribution in [3.8, 4) is 0 Å². The summed E-state index contributed by atoms with van der Waals surface area (Å²) in [6.07, 6.45) is 19.0. The van der Waals surface area contributed by atoms with Crippen molar-refractivity contribution in [2.45, 2.75) is 12.8 Å². The fourth-order valence-corrected chi connectivity index (χ4v) is 0.786. The van der Waals surface area contributed by atoms with Crippen LogP contribution in [0.25, 0.3) is 0 Å². The van der Waals surface area contributed by atoms with Gasteiger partial charge in [0.15, 0.2) is 0 Å². The van der Waals surface area contributed by atoms with Gasteiger partial charge >= 0.3 is 0 Å². The normalized spacial score (nSPS) is 16.0. The zero-order valence-corrected chi connectivity index (χ0v) is 8.77. The van der Waals surface area contributed by atoms with E-state index in [9.17, 15) is 0 Å². The second kappa shape index (κ2) is 7.79. The van der Waals surface area contributed by atoms with Gasteiger partial charge in [-0.05, 0) is 12.8 Å². The highest BCUT2D eigenvalue weighted by molar-refractivity contribution is 14.0. The van der Waals surface area contributed by atoms with Crippen molar-refractivity contribution in [1.82, 2.24) is 0 Å². The molecule has 0 aliphatic heterocycles. The quantitative estimate of drug-likeness (QED) is 0.583. The highest BCUT2D eigenvalue weighted by atomic mass is 127. The molecule has 0 spiro atoms. The summed E-state index contributed by atoms with van der Waals surface area (Å²) in [5.41, 5.74) is 0. The Morgan fingerprint density at radius 2 is 0.818 bits per heavy atom. The molecule has 2 aliphatic rings. The maximum absolute atomic E-state index is 2.12. The van der Waals surface area contributed by atoms with Gasteiger partial charge in [0.2, 0.25) is 0 Å². The van der Waals surface area contributed by atoms with Gasteiger partial charge in [-0.2, -0.15) is 0 Å². The van der Waals surface area contributed by atoms with E-state index in [0.717, 1.165) is 12.8 Å². The van der Waals surface area contributed by atoms with E-state index in [1.54, 1.807) is 0 Å². The lowest BCUT2D eigenvalue weighted by atomic mass is 10.5. The van der Waals surface area contributed by atoms with Crippen LogP contribution in [0.2, 0.25) is 0 Å². The van der Waals surface area contributed by atoms with Crippen LogP contribution >= 0.6 is 24.0 Å². The molecule has 0 saturated heterocycles. The molecule has 0 radical (unpaired) electrons. The van der Waals surface area contributed by atoms with Crippen LogP contribution in [0.3, 0.4) is 0 Å². The minimum atomic E-state index is 0. The van der Waals surface area contributed by atoms with E-state index in [-0.39, 0.29) is 24.0 Å². The smallest absolute Gasteiger partial charge is 0.0163 e. The third-order valence-electron chi connectivity index (χ3n) is 1.31. The van der Waals surface area contributed by atoms with Crippen LogP contribution in [0, 0.1) is 0 Å². The van der Waals surface area contributed by atoms with E-state index in [1.165, 1.54) is 0 Å². The van der Waals surface area contributed by atoms with E-state index in [4.69, 9.17) is 0 Å². The third-order valence-corrected chi connectivity index (χ3v) is 1.31. The highest BCUT2D eigenvalue weighted by Crippen LogP contribution is 1.93. The largest absolute Gasteiger partial charge is 0.107 e. The lowest BCUT2D eigenvalue weighted by Crippen LogP contribution is -1.37. The van der Waals surface area contributed by atoms with Gasteiger partial charge in [-0.3, -0.25) is 0 Å². The molecule has 0 aromatic rings.